The van der Waals surface area contributed by atoms with E-state index in [0.29, 0.717) is 19.5 Å². The van der Waals surface area contributed by atoms with E-state index in [2.05, 4.69) is 15.1 Å². The van der Waals surface area contributed by atoms with Gasteiger partial charge in [0.1, 0.15) is 5.75 Å². The standard InChI is InChI=1S/C20H26N4O4S/c21-29(27,28)19-7-1-16(2-8-19)9-10-22-20(26)15-23-11-13-24(14-12-23)17-3-5-18(25)6-4-17/h1-8,25H,9-15H2,(H,22,26)(H2,21,27,28). The number of amides is 1. The van der Waals surface area contributed by atoms with Gasteiger partial charge in [0, 0.05) is 38.4 Å². The molecule has 1 heterocycles. The van der Waals surface area contributed by atoms with Crippen LogP contribution in [0.15, 0.2) is 53.4 Å². The Morgan fingerprint density at radius 3 is 2.21 bits per heavy atom. The first-order valence-electron chi connectivity index (χ1n) is 9.46. The quantitative estimate of drug-likeness (QED) is 0.604. The second-order valence-electron chi connectivity index (χ2n) is 7.07. The molecule has 0 unspecified atom stereocenters. The minimum absolute atomic E-state index is 0.0239. The van der Waals surface area contributed by atoms with E-state index in [1.807, 2.05) is 12.1 Å². The molecule has 4 N–H and O–H groups in total. The van der Waals surface area contributed by atoms with E-state index in [1.54, 1.807) is 24.3 Å². The van der Waals surface area contributed by atoms with Crippen LogP contribution in [-0.4, -0.2) is 63.6 Å². The van der Waals surface area contributed by atoms with Crippen LogP contribution in [0, 0.1) is 0 Å². The Hall–Kier alpha value is -2.62. The number of carbonyl (C=O) groups excluding carboxylic acids is 1. The summed E-state index contributed by atoms with van der Waals surface area (Å²) in [6.07, 6.45) is 0.616. The lowest BCUT2D eigenvalue weighted by atomic mass is 10.1. The maximum absolute atomic E-state index is 12.2. The molecule has 9 heteroatoms. The maximum Gasteiger partial charge on any atom is 0.238 e. The average molecular weight is 419 g/mol. The van der Waals surface area contributed by atoms with Gasteiger partial charge in [0.05, 0.1) is 11.4 Å². The smallest absolute Gasteiger partial charge is 0.238 e. The van der Waals surface area contributed by atoms with Crippen molar-refractivity contribution in [2.24, 2.45) is 5.14 Å². The molecule has 1 aliphatic rings. The number of primary sulfonamides is 1. The van der Waals surface area contributed by atoms with Gasteiger partial charge in [-0.05, 0) is 48.4 Å². The molecular weight excluding hydrogens is 392 g/mol. The van der Waals surface area contributed by atoms with Crippen LogP contribution < -0.4 is 15.4 Å². The van der Waals surface area contributed by atoms with E-state index in [0.717, 1.165) is 37.4 Å². The molecule has 1 fully saturated rings. The fraction of sp³-hybridized carbons (Fsp3) is 0.350. The van der Waals surface area contributed by atoms with Crippen LogP contribution in [0.2, 0.25) is 0 Å². The molecule has 0 aliphatic carbocycles. The summed E-state index contributed by atoms with van der Waals surface area (Å²) >= 11 is 0. The molecule has 0 atom stereocenters. The van der Waals surface area contributed by atoms with Gasteiger partial charge in [-0.25, -0.2) is 13.6 Å². The first kappa shape index (κ1) is 21.1. The molecule has 0 saturated carbocycles. The third-order valence-electron chi connectivity index (χ3n) is 4.94. The predicted molar refractivity (Wildman–Crippen MR) is 111 cm³/mol. The molecule has 0 spiro atoms. The van der Waals surface area contributed by atoms with Gasteiger partial charge >= 0.3 is 0 Å². The van der Waals surface area contributed by atoms with Crippen LogP contribution in [0.4, 0.5) is 5.69 Å². The number of phenolic OH excluding ortho intramolecular Hbond substituents is 1. The Kier molecular flexibility index (Phi) is 6.73. The zero-order valence-corrected chi connectivity index (χ0v) is 16.9. The lowest BCUT2D eigenvalue weighted by Crippen LogP contribution is -2.49. The number of hydrogen-bond donors (Lipinski definition) is 3. The zero-order valence-electron chi connectivity index (χ0n) is 16.1. The number of sulfonamides is 1. The minimum atomic E-state index is -3.68. The Morgan fingerprint density at radius 2 is 1.62 bits per heavy atom. The molecule has 29 heavy (non-hydrogen) atoms. The first-order valence-corrected chi connectivity index (χ1v) is 11.0. The Balaban J connectivity index is 1.37. The largest absolute Gasteiger partial charge is 0.508 e. The summed E-state index contributed by atoms with van der Waals surface area (Å²) < 4.78 is 22.5. The van der Waals surface area contributed by atoms with Crippen LogP contribution in [0.1, 0.15) is 5.56 Å². The number of piperazine rings is 1. The van der Waals surface area contributed by atoms with Crippen molar-refractivity contribution in [2.45, 2.75) is 11.3 Å². The van der Waals surface area contributed by atoms with Gasteiger partial charge in [-0.1, -0.05) is 12.1 Å². The van der Waals surface area contributed by atoms with Crippen LogP contribution in [0.25, 0.3) is 0 Å². The number of nitrogens with two attached hydrogens (primary N) is 1. The van der Waals surface area contributed by atoms with Gasteiger partial charge < -0.3 is 15.3 Å². The Labute approximate surface area is 171 Å². The minimum Gasteiger partial charge on any atom is -0.508 e. The topological polar surface area (TPSA) is 116 Å². The average Bonchev–Trinajstić information content (AvgIpc) is 2.69. The van der Waals surface area contributed by atoms with Crippen molar-refractivity contribution in [3.8, 4) is 5.75 Å². The number of rotatable bonds is 7. The highest BCUT2D eigenvalue weighted by Crippen LogP contribution is 2.19. The van der Waals surface area contributed by atoms with Crippen molar-refractivity contribution in [3.05, 3.63) is 54.1 Å². The van der Waals surface area contributed by atoms with E-state index in [-0.39, 0.29) is 16.6 Å². The number of nitrogens with one attached hydrogen (secondary N) is 1. The van der Waals surface area contributed by atoms with E-state index in [9.17, 15) is 18.3 Å². The molecule has 0 radical (unpaired) electrons. The molecule has 0 bridgehead atoms. The first-order chi connectivity index (χ1) is 13.8. The normalized spacial score (nSPS) is 15.3. The van der Waals surface area contributed by atoms with Crippen LogP contribution in [0.5, 0.6) is 5.75 Å². The fourth-order valence-electron chi connectivity index (χ4n) is 3.28. The number of benzene rings is 2. The van der Waals surface area contributed by atoms with Crippen LogP contribution >= 0.6 is 0 Å². The van der Waals surface area contributed by atoms with Crippen LogP contribution in [-0.2, 0) is 21.2 Å². The Morgan fingerprint density at radius 1 is 1.00 bits per heavy atom. The summed E-state index contributed by atoms with van der Waals surface area (Å²) in [5.41, 5.74) is 2.00. The van der Waals surface area contributed by atoms with Crippen molar-refractivity contribution >= 4 is 21.6 Å². The van der Waals surface area contributed by atoms with E-state index in [1.165, 1.54) is 12.1 Å². The van der Waals surface area contributed by atoms with Gasteiger partial charge in [-0.2, -0.15) is 0 Å². The van der Waals surface area contributed by atoms with E-state index in [4.69, 9.17) is 5.14 Å². The zero-order chi connectivity index (χ0) is 20.9. The number of carbonyl (C=O) groups is 1. The summed E-state index contributed by atoms with van der Waals surface area (Å²) in [6.45, 7) is 4.09. The van der Waals surface area contributed by atoms with Gasteiger partial charge in [0.15, 0.2) is 0 Å². The molecule has 1 aliphatic heterocycles. The summed E-state index contributed by atoms with van der Waals surface area (Å²) in [5.74, 6) is 0.230. The highest BCUT2D eigenvalue weighted by molar-refractivity contribution is 7.89. The molecular formula is C20H26N4O4S. The fourth-order valence-corrected chi connectivity index (χ4v) is 3.79. The lowest BCUT2D eigenvalue weighted by molar-refractivity contribution is -0.122. The number of hydrogen-bond acceptors (Lipinski definition) is 6. The molecule has 156 valence electrons. The summed E-state index contributed by atoms with van der Waals surface area (Å²) in [4.78, 5) is 16.6. The summed E-state index contributed by atoms with van der Waals surface area (Å²) in [5, 5.41) is 17.4. The monoisotopic (exact) mass is 418 g/mol. The number of anilines is 1. The molecule has 1 saturated heterocycles. The summed E-state index contributed by atoms with van der Waals surface area (Å²) in [6, 6.07) is 13.5. The maximum atomic E-state index is 12.2. The molecule has 3 rings (SSSR count). The van der Waals surface area contributed by atoms with Gasteiger partial charge in [0.25, 0.3) is 0 Å². The Bertz CT molecular complexity index is 922. The highest BCUT2D eigenvalue weighted by atomic mass is 32.2. The molecule has 2 aromatic carbocycles. The van der Waals surface area contributed by atoms with Gasteiger partial charge in [0.2, 0.25) is 15.9 Å². The lowest BCUT2D eigenvalue weighted by Gasteiger charge is -2.35. The second-order valence-corrected chi connectivity index (χ2v) is 8.63. The highest BCUT2D eigenvalue weighted by Gasteiger charge is 2.19. The van der Waals surface area contributed by atoms with Crippen LogP contribution in [0.3, 0.4) is 0 Å². The number of aromatic hydroxyl groups is 1. The van der Waals surface area contributed by atoms with E-state index < -0.39 is 10.0 Å². The van der Waals surface area contributed by atoms with Crippen molar-refractivity contribution < 1.29 is 18.3 Å². The third kappa shape index (κ3) is 6.18. The van der Waals surface area contributed by atoms with Crippen molar-refractivity contribution in [2.75, 3.05) is 44.2 Å². The van der Waals surface area contributed by atoms with Gasteiger partial charge in [-0.15, -0.1) is 0 Å². The van der Waals surface area contributed by atoms with Gasteiger partial charge in [-0.3, -0.25) is 9.69 Å². The summed E-state index contributed by atoms with van der Waals surface area (Å²) in [7, 11) is -3.68. The van der Waals surface area contributed by atoms with E-state index >= 15 is 0 Å². The van der Waals surface area contributed by atoms with Crippen molar-refractivity contribution in [1.29, 1.82) is 0 Å². The SMILES string of the molecule is NS(=O)(=O)c1ccc(CCNC(=O)CN2CCN(c3ccc(O)cc3)CC2)cc1. The van der Waals surface area contributed by atoms with Crippen molar-refractivity contribution in [1.82, 2.24) is 10.2 Å². The molecule has 1 amide bonds. The number of phenols is 1. The van der Waals surface area contributed by atoms with Crippen molar-refractivity contribution in [3.63, 3.8) is 0 Å². The second kappa shape index (κ2) is 9.25. The molecule has 0 aromatic heterocycles. The predicted octanol–water partition coefficient (Wildman–Crippen LogP) is 0.520. The molecule has 2 aromatic rings. The third-order valence-corrected chi connectivity index (χ3v) is 5.87. The number of nitrogens with zero attached hydrogens (tertiary/aromatic N) is 2. The molecule has 8 nitrogen and oxygen atoms in total.